The van der Waals surface area contributed by atoms with Gasteiger partial charge in [-0.1, -0.05) is 6.42 Å². The molecule has 3 nitrogen and oxygen atoms in total. The molecule has 1 atom stereocenters. The number of nitrogens with zero attached hydrogens (tertiary/aromatic N) is 1. The molecule has 0 spiro atoms. The molecule has 0 aromatic carbocycles. The summed E-state index contributed by atoms with van der Waals surface area (Å²) in [5, 5.41) is 3.38. The number of rotatable bonds is 5. The number of likely N-dealkylation sites (tertiary alicyclic amines) is 1. The number of hydrogen-bond acceptors (Lipinski definition) is 3. The van der Waals surface area contributed by atoms with E-state index in [-0.39, 0.29) is 0 Å². The van der Waals surface area contributed by atoms with Gasteiger partial charge in [-0.05, 0) is 65.6 Å². The highest BCUT2D eigenvalue weighted by Gasteiger charge is 2.22. The van der Waals surface area contributed by atoms with Gasteiger partial charge in [-0.3, -0.25) is 0 Å². The van der Waals surface area contributed by atoms with E-state index in [4.69, 9.17) is 4.74 Å². The third-order valence-corrected chi connectivity index (χ3v) is 4.81. The van der Waals surface area contributed by atoms with Gasteiger partial charge >= 0.3 is 0 Å². The fraction of sp³-hybridized carbons (Fsp3) is 1.00. The minimum absolute atomic E-state index is 0.531. The van der Waals surface area contributed by atoms with Crippen LogP contribution in [0.15, 0.2) is 0 Å². The summed E-state index contributed by atoms with van der Waals surface area (Å²) in [7, 11) is 4.34. The van der Waals surface area contributed by atoms with Crippen LogP contribution in [0.4, 0.5) is 0 Å². The Morgan fingerprint density at radius 1 is 1.11 bits per heavy atom. The van der Waals surface area contributed by atoms with Gasteiger partial charge in [-0.25, -0.2) is 0 Å². The van der Waals surface area contributed by atoms with E-state index in [1.807, 2.05) is 0 Å². The third kappa shape index (κ3) is 4.22. The zero-order valence-corrected chi connectivity index (χ0v) is 12.2. The van der Waals surface area contributed by atoms with Crippen LogP contribution < -0.4 is 5.32 Å². The van der Waals surface area contributed by atoms with Crippen molar-refractivity contribution in [3.63, 3.8) is 0 Å². The molecule has 0 aromatic heterocycles. The molecular formula is C15H30N2O. The smallest absolute Gasteiger partial charge is 0.0576 e. The van der Waals surface area contributed by atoms with Crippen molar-refractivity contribution in [3.05, 3.63) is 0 Å². The van der Waals surface area contributed by atoms with Crippen LogP contribution in [0.3, 0.4) is 0 Å². The summed E-state index contributed by atoms with van der Waals surface area (Å²) in [4.78, 5) is 2.52. The average molecular weight is 254 g/mol. The lowest BCUT2D eigenvalue weighted by atomic mass is 9.93. The van der Waals surface area contributed by atoms with Crippen molar-refractivity contribution in [2.75, 3.05) is 27.2 Å². The van der Waals surface area contributed by atoms with Crippen LogP contribution in [0, 0.1) is 0 Å². The molecule has 2 rings (SSSR count). The summed E-state index contributed by atoms with van der Waals surface area (Å²) in [6.45, 7) is 2.24. The van der Waals surface area contributed by atoms with E-state index in [1.165, 1.54) is 57.9 Å². The van der Waals surface area contributed by atoms with Crippen LogP contribution in [0.1, 0.15) is 51.4 Å². The highest BCUT2D eigenvalue weighted by Crippen LogP contribution is 2.22. The maximum Gasteiger partial charge on any atom is 0.0576 e. The summed E-state index contributed by atoms with van der Waals surface area (Å²) in [6, 6.07) is 1.50. The predicted molar refractivity (Wildman–Crippen MR) is 75.9 cm³/mol. The summed E-state index contributed by atoms with van der Waals surface area (Å²) in [5.41, 5.74) is 0. The second-order valence-corrected chi connectivity index (χ2v) is 6.05. The molecule has 1 N–H and O–H groups in total. The van der Waals surface area contributed by atoms with Crippen molar-refractivity contribution < 1.29 is 4.74 Å². The Kier molecular flexibility index (Phi) is 5.93. The number of nitrogens with one attached hydrogen (secondary N) is 1. The molecule has 3 heteroatoms. The standard InChI is InChI=1S/C15H30N2O/c1-16-13-6-8-15(9-7-13)18-12-10-14-5-3-4-11-17(14)2/h13-16H,3-12H2,1-2H3. The molecule has 18 heavy (non-hydrogen) atoms. The fourth-order valence-corrected chi connectivity index (χ4v) is 3.40. The molecule has 0 bridgehead atoms. The Morgan fingerprint density at radius 2 is 1.89 bits per heavy atom. The molecule has 0 amide bonds. The molecule has 1 aliphatic heterocycles. The van der Waals surface area contributed by atoms with Crippen LogP contribution in [0.2, 0.25) is 0 Å². The van der Waals surface area contributed by atoms with Crippen LogP contribution in [0.5, 0.6) is 0 Å². The second-order valence-electron chi connectivity index (χ2n) is 6.05. The molecule has 1 saturated carbocycles. The monoisotopic (exact) mass is 254 g/mol. The molecule has 1 heterocycles. The van der Waals surface area contributed by atoms with Crippen LogP contribution in [-0.4, -0.2) is 50.3 Å². The molecule has 0 radical (unpaired) electrons. The van der Waals surface area contributed by atoms with Gasteiger partial charge in [0.15, 0.2) is 0 Å². The van der Waals surface area contributed by atoms with Gasteiger partial charge in [0.1, 0.15) is 0 Å². The first-order chi connectivity index (χ1) is 8.79. The average Bonchev–Trinajstić information content (AvgIpc) is 2.42. The molecule has 1 aliphatic carbocycles. The topological polar surface area (TPSA) is 24.5 Å². The van der Waals surface area contributed by atoms with E-state index >= 15 is 0 Å². The van der Waals surface area contributed by atoms with E-state index in [1.54, 1.807) is 0 Å². The molecule has 106 valence electrons. The van der Waals surface area contributed by atoms with Crippen molar-refractivity contribution in [1.29, 1.82) is 0 Å². The van der Waals surface area contributed by atoms with Crippen molar-refractivity contribution in [2.45, 2.75) is 69.6 Å². The van der Waals surface area contributed by atoms with Crippen LogP contribution in [-0.2, 0) is 4.74 Å². The Morgan fingerprint density at radius 3 is 2.56 bits per heavy atom. The van der Waals surface area contributed by atoms with Gasteiger partial charge < -0.3 is 15.0 Å². The van der Waals surface area contributed by atoms with Gasteiger partial charge in [0.25, 0.3) is 0 Å². The van der Waals surface area contributed by atoms with E-state index < -0.39 is 0 Å². The molecular weight excluding hydrogens is 224 g/mol. The Labute approximate surface area is 112 Å². The van der Waals surface area contributed by atoms with Gasteiger partial charge in [0.2, 0.25) is 0 Å². The van der Waals surface area contributed by atoms with Gasteiger partial charge in [-0.2, -0.15) is 0 Å². The molecule has 0 aromatic rings. The lowest BCUT2D eigenvalue weighted by Gasteiger charge is -2.33. The van der Waals surface area contributed by atoms with Crippen LogP contribution in [0.25, 0.3) is 0 Å². The van der Waals surface area contributed by atoms with E-state index in [9.17, 15) is 0 Å². The summed E-state index contributed by atoms with van der Waals surface area (Å²) in [5.74, 6) is 0. The lowest BCUT2D eigenvalue weighted by Crippen LogP contribution is -2.37. The predicted octanol–water partition coefficient (Wildman–Crippen LogP) is 2.41. The quantitative estimate of drug-likeness (QED) is 0.815. The van der Waals surface area contributed by atoms with Crippen molar-refractivity contribution in [1.82, 2.24) is 10.2 Å². The lowest BCUT2D eigenvalue weighted by molar-refractivity contribution is 0.00948. The Balaban J connectivity index is 1.58. The van der Waals surface area contributed by atoms with Gasteiger partial charge in [0.05, 0.1) is 6.10 Å². The normalized spacial score (nSPS) is 34.7. The zero-order chi connectivity index (χ0) is 12.8. The van der Waals surface area contributed by atoms with E-state index in [0.29, 0.717) is 6.10 Å². The Bertz CT molecular complexity index is 227. The van der Waals surface area contributed by atoms with Gasteiger partial charge in [0, 0.05) is 18.7 Å². The van der Waals surface area contributed by atoms with Gasteiger partial charge in [-0.15, -0.1) is 0 Å². The Hall–Kier alpha value is -0.120. The molecule has 2 fully saturated rings. The third-order valence-electron chi connectivity index (χ3n) is 4.81. The SMILES string of the molecule is CNC1CCC(OCCC2CCCCN2C)CC1. The molecule has 2 aliphatic rings. The fourth-order valence-electron chi connectivity index (χ4n) is 3.40. The minimum Gasteiger partial charge on any atom is -0.378 e. The number of hydrogen-bond donors (Lipinski definition) is 1. The highest BCUT2D eigenvalue weighted by atomic mass is 16.5. The largest absolute Gasteiger partial charge is 0.378 e. The molecule has 1 saturated heterocycles. The highest BCUT2D eigenvalue weighted by molar-refractivity contribution is 4.77. The zero-order valence-electron chi connectivity index (χ0n) is 12.2. The first-order valence-electron chi connectivity index (χ1n) is 7.78. The summed E-state index contributed by atoms with van der Waals surface area (Å²) in [6.07, 6.45) is 11.0. The maximum atomic E-state index is 6.07. The summed E-state index contributed by atoms with van der Waals surface area (Å²) < 4.78 is 6.07. The van der Waals surface area contributed by atoms with Crippen molar-refractivity contribution >= 4 is 0 Å². The maximum absolute atomic E-state index is 6.07. The van der Waals surface area contributed by atoms with E-state index in [0.717, 1.165) is 18.7 Å². The van der Waals surface area contributed by atoms with Crippen molar-refractivity contribution in [2.24, 2.45) is 0 Å². The summed E-state index contributed by atoms with van der Waals surface area (Å²) >= 11 is 0. The second kappa shape index (κ2) is 7.46. The minimum atomic E-state index is 0.531. The van der Waals surface area contributed by atoms with Crippen molar-refractivity contribution in [3.8, 4) is 0 Å². The first-order valence-corrected chi connectivity index (χ1v) is 7.78. The van der Waals surface area contributed by atoms with Crippen LogP contribution >= 0.6 is 0 Å². The van der Waals surface area contributed by atoms with E-state index in [2.05, 4.69) is 24.3 Å². The molecule has 1 unspecified atom stereocenters. The number of piperidine rings is 1. The number of ether oxygens (including phenoxy) is 1. The first kappa shape index (κ1) is 14.3.